The minimum atomic E-state index is 0.508. The van der Waals surface area contributed by atoms with Gasteiger partial charge in [-0.2, -0.15) is 0 Å². The summed E-state index contributed by atoms with van der Waals surface area (Å²) < 4.78 is 10.9. The first-order chi connectivity index (χ1) is 9.67. The molecule has 0 radical (unpaired) electrons. The fourth-order valence-corrected chi connectivity index (χ4v) is 2.69. The second-order valence-corrected chi connectivity index (χ2v) is 6.13. The zero-order valence-electron chi connectivity index (χ0n) is 13.0. The van der Waals surface area contributed by atoms with E-state index >= 15 is 0 Å². The summed E-state index contributed by atoms with van der Waals surface area (Å²) in [6.07, 6.45) is 4.34. The molecule has 2 heterocycles. The molecular weight excluding hydrogens is 252 g/mol. The van der Waals surface area contributed by atoms with Gasteiger partial charge in [-0.1, -0.05) is 13.8 Å². The predicted molar refractivity (Wildman–Crippen MR) is 80.6 cm³/mol. The zero-order valence-corrected chi connectivity index (χ0v) is 13.0. The van der Waals surface area contributed by atoms with Gasteiger partial charge < -0.3 is 14.5 Å². The number of nitrogens with one attached hydrogen (secondary N) is 1. The summed E-state index contributed by atoms with van der Waals surface area (Å²) in [6, 6.07) is 2.68. The zero-order chi connectivity index (χ0) is 14.4. The third-order valence-corrected chi connectivity index (χ3v) is 3.91. The van der Waals surface area contributed by atoms with Gasteiger partial charge in [0.2, 0.25) is 0 Å². The van der Waals surface area contributed by atoms with E-state index in [-0.39, 0.29) is 0 Å². The van der Waals surface area contributed by atoms with Crippen molar-refractivity contribution in [1.82, 2.24) is 10.2 Å². The number of hydrogen-bond acceptors (Lipinski definition) is 4. The summed E-state index contributed by atoms with van der Waals surface area (Å²) in [5.74, 6) is 1.81. The molecule has 2 rings (SSSR count). The second-order valence-electron chi connectivity index (χ2n) is 6.13. The third kappa shape index (κ3) is 4.93. The van der Waals surface area contributed by atoms with Gasteiger partial charge in [0.05, 0.1) is 12.8 Å². The van der Waals surface area contributed by atoms with Crippen LogP contribution in [-0.2, 0) is 17.8 Å². The van der Waals surface area contributed by atoms with Gasteiger partial charge in [-0.05, 0) is 37.9 Å². The molecule has 0 saturated carbocycles. The summed E-state index contributed by atoms with van der Waals surface area (Å²) in [4.78, 5) is 2.48. The number of piperidine rings is 1. The van der Waals surface area contributed by atoms with Crippen LogP contribution in [0.3, 0.4) is 0 Å². The van der Waals surface area contributed by atoms with Gasteiger partial charge in [0, 0.05) is 31.9 Å². The Morgan fingerprint density at radius 2 is 2.15 bits per heavy atom. The molecular formula is C16H28N2O2. The molecule has 0 atom stereocenters. The van der Waals surface area contributed by atoms with Crippen LogP contribution >= 0.6 is 0 Å². The highest BCUT2D eigenvalue weighted by Crippen LogP contribution is 2.20. The van der Waals surface area contributed by atoms with E-state index in [0.717, 1.165) is 44.5 Å². The van der Waals surface area contributed by atoms with Crippen molar-refractivity contribution in [2.45, 2.75) is 45.8 Å². The Morgan fingerprint density at radius 1 is 1.40 bits per heavy atom. The lowest BCUT2D eigenvalue weighted by Crippen LogP contribution is -2.34. The highest BCUT2D eigenvalue weighted by Gasteiger charge is 2.19. The molecule has 0 spiro atoms. The Kier molecular flexibility index (Phi) is 6.07. The molecule has 1 fully saturated rings. The van der Waals surface area contributed by atoms with Gasteiger partial charge in [-0.3, -0.25) is 4.90 Å². The van der Waals surface area contributed by atoms with Crippen molar-refractivity contribution >= 4 is 0 Å². The molecule has 1 aliphatic heterocycles. The molecule has 1 saturated heterocycles. The number of nitrogens with zero attached hydrogens (tertiary/aromatic N) is 1. The minimum absolute atomic E-state index is 0.508. The molecule has 0 aromatic carbocycles. The van der Waals surface area contributed by atoms with Crippen molar-refractivity contribution in [2.24, 2.45) is 5.92 Å². The Balaban J connectivity index is 1.74. The lowest BCUT2D eigenvalue weighted by Gasteiger charge is -2.30. The van der Waals surface area contributed by atoms with Crippen molar-refractivity contribution in [1.29, 1.82) is 0 Å². The lowest BCUT2D eigenvalue weighted by atomic mass is 9.98. The normalized spacial score (nSPS) is 18.0. The van der Waals surface area contributed by atoms with Crippen LogP contribution in [0.4, 0.5) is 0 Å². The van der Waals surface area contributed by atoms with E-state index in [4.69, 9.17) is 9.15 Å². The molecule has 0 aliphatic carbocycles. The van der Waals surface area contributed by atoms with E-state index < -0.39 is 0 Å². The molecule has 1 aliphatic rings. The Labute approximate surface area is 122 Å². The summed E-state index contributed by atoms with van der Waals surface area (Å²) >= 11 is 0. The largest absolute Gasteiger partial charge is 0.468 e. The van der Waals surface area contributed by atoms with E-state index in [9.17, 15) is 0 Å². The van der Waals surface area contributed by atoms with Crippen LogP contribution in [0.2, 0.25) is 0 Å². The maximum atomic E-state index is 5.67. The van der Waals surface area contributed by atoms with Crippen molar-refractivity contribution in [3.05, 3.63) is 23.7 Å². The summed E-state index contributed by atoms with van der Waals surface area (Å²) in [6.45, 7) is 9.33. The molecule has 114 valence electrons. The summed E-state index contributed by atoms with van der Waals surface area (Å²) in [7, 11) is 1.79. The van der Waals surface area contributed by atoms with Crippen molar-refractivity contribution in [2.75, 3.05) is 26.8 Å². The highest BCUT2D eigenvalue weighted by atomic mass is 16.5. The fourth-order valence-electron chi connectivity index (χ4n) is 2.69. The molecule has 0 amide bonds. The summed E-state index contributed by atoms with van der Waals surface area (Å²) in [5.41, 5.74) is 1.24. The fraction of sp³-hybridized carbons (Fsp3) is 0.750. The predicted octanol–water partition coefficient (Wildman–Crippen LogP) is 2.64. The van der Waals surface area contributed by atoms with Gasteiger partial charge in [0.1, 0.15) is 5.76 Å². The Hall–Kier alpha value is -0.840. The maximum Gasteiger partial charge on any atom is 0.118 e. The van der Waals surface area contributed by atoms with E-state index in [0.29, 0.717) is 6.04 Å². The van der Waals surface area contributed by atoms with Gasteiger partial charge in [0.25, 0.3) is 0 Å². The van der Waals surface area contributed by atoms with Crippen LogP contribution < -0.4 is 5.32 Å². The number of ether oxygens (including phenoxy) is 1. The van der Waals surface area contributed by atoms with Gasteiger partial charge in [-0.25, -0.2) is 0 Å². The molecule has 1 aromatic rings. The molecule has 0 unspecified atom stereocenters. The van der Waals surface area contributed by atoms with Crippen LogP contribution in [0.1, 0.15) is 38.0 Å². The quantitative estimate of drug-likeness (QED) is 0.833. The Bertz CT molecular complexity index is 382. The summed E-state index contributed by atoms with van der Waals surface area (Å²) in [5, 5.41) is 3.41. The number of hydrogen-bond donors (Lipinski definition) is 1. The van der Waals surface area contributed by atoms with Crippen molar-refractivity contribution in [3.63, 3.8) is 0 Å². The molecule has 4 nitrogen and oxygen atoms in total. The SMILES string of the molecule is COCC1CCN(Cc2cc(CNC(C)C)co2)CC1. The van der Waals surface area contributed by atoms with Crippen LogP contribution in [0.15, 0.2) is 16.7 Å². The number of likely N-dealkylation sites (tertiary alicyclic amines) is 1. The average Bonchev–Trinajstić information content (AvgIpc) is 2.87. The van der Waals surface area contributed by atoms with Crippen molar-refractivity contribution in [3.8, 4) is 0 Å². The maximum absolute atomic E-state index is 5.67. The molecule has 1 aromatic heterocycles. The first kappa shape index (κ1) is 15.5. The standard InChI is InChI=1S/C16H28N2O2/c1-13(2)17-9-15-8-16(20-12-15)10-18-6-4-14(5-7-18)11-19-3/h8,12-14,17H,4-7,9-11H2,1-3H3. The lowest BCUT2D eigenvalue weighted by molar-refractivity contribution is 0.0939. The monoisotopic (exact) mass is 280 g/mol. The molecule has 20 heavy (non-hydrogen) atoms. The Morgan fingerprint density at radius 3 is 2.80 bits per heavy atom. The van der Waals surface area contributed by atoms with Gasteiger partial charge in [-0.15, -0.1) is 0 Å². The smallest absolute Gasteiger partial charge is 0.118 e. The third-order valence-electron chi connectivity index (χ3n) is 3.91. The first-order valence-corrected chi connectivity index (χ1v) is 7.68. The van der Waals surface area contributed by atoms with Crippen LogP contribution in [0.5, 0.6) is 0 Å². The molecule has 4 heteroatoms. The molecule has 0 bridgehead atoms. The van der Waals surface area contributed by atoms with E-state index in [2.05, 4.69) is 30.1 Å². The van der Waals surface area contributed by atoms with Gasteiger partial charge in [0.15, 0.2) is 0 Å². The number of methoxy groups -OCH3 is 1. The van der Waals surface area contributed by atoms with Crippen LogP contribution in [0.25, 0.3) is 0 Å². The van der Waals surface area contributed by atoms with Crippen LogP contribution in [-0.4, -0.2) is 37.7 Å². The first-order valence-electron chi connectivity index (χ1n) is 7.68. The van der Waals surface area contributed by atoms with E-state index in [1.165, 1.54) is 18.4 Å². The highest BCUT2D eigenvalue weighted by molar-refractivity contribution is 5.12. The van der Waals surface area contributed by atoms with E-state index in [1.54, 1.807) is 7.11 Å². The topological polar surface area (TPSA) is 37.6 Å². The van der Waals surface area contributed by atoms with Crippen LogP contribution in [0, 0.1) is 5.92 Å². The minimum Gasteiger partial charge on any atom is -0.468 e. The van der Waals surface area contributed by atoms with Gasteiger partial charge >= 0.3 is 0 Å². The molecule has 1 N–H and O–H groups in total. The number of rotatable bonds is 7. The van der Waals surface area contributed by atoms with E-state index in [1.807, 2.05) is 6.26 Å². The van der Waals surface area contributed by atoms with Crippen molar-refractivity contribution < 1.29 is 9.15 Å². The second kappa shape index (κ2) is 7.81. The average molecular weight is 280 g/mol. The number of furan rings is 1.